The van der Waals surface area contributed by atoms with Crippen LogP contribution in [-0.2, 0) is 28.7 Å². The molecule has 0 radical (unpaired) electrons. The van der Waals surface area contributed by atoms with Gasteiger partial charge < -0.3 is 9.47 Å². The van der Waals surface area contributed by atoms with E-state index in [2.05, 4.69) is 26.8 Å². The Bertz CT molecular complexity index is 1220. The highest BCUT2D eigenvalue weighted by atomic mass is 16.6. The van der Waals surface area contributed by atoms with Crippen LogP contribution in [0, 0.1) is 35.5 Å². The summed E-state index contributed by atoms with van der Waals surface area (Å²) in [5.74, 6) is -2.44. The van der Waals surface area contributed by atoms with Gasteiger partial charge in [0.1, 0.15) is 11.7 Å². The molecule has 0 bridgehead atoms. The first-order valence-corrected chi connectivity index (χ1v) is 13.6. The van der Waals surface area contributed by atoms with Crippen molar-refractivity contribution >= 4 is 23.3 Å². The van der Waals surface area contributed by atoms with Gasteiger partial charge in [-0.25, -0.2) is 0 Å². The largest absolute Gasteiger partial charge is 0.468 e. The van der Waals surface area contributed by atoms with Gasteiger partial charge in [-0.1, -0.05) is 57.9 Å². The van der Waals surface area contributed by atoms with Crippen LogP contribution in [0.3, 0.4) is 0 Å². The molecule has 0 aromatic rings. The number of carbonyl (C=O) groups excluding carboxylic acids is 4. The molecule has 2 aliphatic heterocycles. The van der Waals surface area contributed by atoms with E-state index in [0.717, 1.165) is 24.8 Å². The highest BCUT2D eigenvalue weighted by molar-refractivity contribution is 6.12. The minimum Gasteiger partial charge on any atom is -0.468 e. The van der Waals surface area contributed by atoms with Crippen LogP contribution in [0.25, 0.3) is 0 Å². The Balaban J connectivity index is 1.59. The number of esters is 1. The average Bonchev–Trinajstić information content (AvgIpc) is 3.13. The van der Waals surface area contributed by atoms with Gasteiger partial charge in [0, 0.05) is 5.57 Å². The van der Waals surface area contributed by atoms with Crippen molar-refractivity contribution in [3.05, 3.63) is 71.3 Å². The van der Waals surface area contributed by atoms with Crippen LogP contribution in [0.2, 0.25) is 0 Å². The molecule has 38 heavy (non-hydrogen) atoms. The van der Waals surface area contributed by atoms with Crippen molar-refractivity contribution in [3.63, 3.8) is 0 Å². The van der Waals surface area contributed by atoms with Gasteiger partial charge in [-0.2, -0.15) is 0 Å². The minimum absolute atomic E-state index is 0.0427. The summed E-state index contributed by atoms with van der Waals surface area (Å²) in [5, 5.41) is 0. The van der Waals surface area contributed by atoms with E-state index in [1.165, 1.54) is 18.4 Å². The average molecular weight is 519 g/mol. The third-order valence-corrected chi connectivity index (χ3v) is 8.36. The maximum absolute atomic E-state index is 13.4. The third kappa shape index (κ3) is 5.18. The van der Waals surface area contributed by atoms with Crippen LogP contribution in [0.1, 0.15) is 60.8 Å². The van der Waals surface area contributed by atoms with Crippen LogP contribution in [0.15, 0.2) is 71.3 Å². The second kappa shape index (κ2) is 10.8. The number of fused-ring (bicyclic) bond motifs is 3. The monoisotopic (exact) mass is 518 g/mol. The molecular weight excluding hydrogens is 480 g/mol. The summed E-state index contributed by atoms with van der Waals surface area (Å²) in [7, 11) is 0. The zero-order valence-electron chi connectivity index (χ0n) is 23.2. The fourth-order valence-electron chi connectivity index (χ4n) is 6.08. The van der Waals surface area contributed by atoms with E-state index in [-0.39, 0.29) is 17.5 Å². The van der Waals surface area contributed by atoms with Crippen LogP contribution in [-0.4, -0.2) is 28.9 Å². The summed E-state index contributed by atoms with van der Waals surface area (Å²) < 4.78 is 11.5. The van der Waals surface area contributed by atoms with Crippen molar-refractivity contribution in [2.45, 2.75) is 66.4 Å². The van der Waals surface area contributed by atoms with E-state index in [1.807, 2.05) is 19.9 Å². The summed E-state index contributed by atoms with van der Waals surface area (Å²) in [4.78, 5) is 52.1. The van der Waals surface area contributed by atoms with Crippen molar-refractivity contribution in [1.29, 1.82) is 0 Å². The molecule has 0 saturated carbocycles. The molecule has 6 heteroatoms. The number of rotatable bonds is 8. The topological polar surface area (TPSA) is 86.7 Å². The van der Waals surface area contributed by atoms with E-state index in [4.69, 9.17) is 9.47 Å². The van der Waals surface area contributed by atoms with Gasteiger partial charge in [-0.3, -0.25) is 19.2 Å². The molecule has 0 aromatic heterocycles. The molecule has 0 aromatic carbocycles. The summed E-state index contributed by atoms with van der Waals surface area (Å²) in [6.45, 7) is 12.0. The zero-order valence-corrected chi connectivity index (χ0v) is 23.2. The number of hydrogen-bond acceptors (Lipinski definition) is 6. The Morgan fingerprint density at radius 2 is 1.92 bits per heavy atom. The van der Waals surface area contributed by atoms with Gasteiger partial charge in [-0.15, -0.1) is 0 Å². The molecule has 0 spiro atoms. The Labute approximate surface area is 225 Å². The quantitative estimate of drug-likeness (QED) is 0.176. The van der Waals surface area contributed by atoms with Gasteiger partial charge in [0.25, 0.3) is 0 Å². The van der Waals surface area contributed by atoms with Gasteiger partial charge in [0.2, 0.25) is 0 Å². The standard InChI is InChI=1S/C32H38O6/c1-7-18(2)13-20(4)14-19(3)11-12-25(34)29-30-23-17-37-26(28-21(5)9-8-10-24(28)33)15-22(23)16-27(35)32(30,6)38-31(29)36/h8,10-12,14-18,20-21,28-30H,7,9,13H2,1-6H3/b12-11+,19-14?/t18?,20?,21-,28+,29+,30-,32-/m0/s1. The Morgan fingerprint density at radius 3 is 2.61 bits per heavy atom. The highest BCUT2D eigenvalue weighted by Gasteiger charge is 2.62. The predicted octanol–water partition coefficient (Wildman–Crippen LogP) is 5.77. The molecule has 0 N–H and O–H groups in total. The van der Waals surface area contributed by atoms with Gasteiger partial charge in [-0.05, 0) is 74.3 Å². The van der Waals surface area contributed by atoms with Gasteiger partial charge >= 0.3 is 5.97 Å². The Hall–Kier alpha value is -3.28. The number of ketones is 3. The SMILES string of the molecule is CCC(C)CC(C)C=C(C)/C=C/C(=O)[C@H]1C(=O)O[C@@]2(C)C(=O)C=C3C=C([C@H]4C(=O)C=CC[C@@H]4C)OC=C3[C@@H]12. The third-order valence-electron chi connectivity index (χ3n) is 8.36. The maximum atomic E-state index is 13.4. The van der Waals surface area contributed by atoms with E-state index < -0.39 is 35.1 Å². The molecule has 4 rings (SSSR count). The number of carbonyl (C=O) groups is 4. The van der Waals surface area contributed by atoms with Crippen molar-refractivity contribution in [2.75, 3.05) is 0 Å². The Morgan fingerprint density at radius 1 is 1.18 bits per heavy atom. The molecule has 1 fully saturated rings. The molecule has 4 aliphatic rings. The summed E-state index contributed by atoms with van der Waals surface area (Å²) in [6.07, 6.45) is 16.3. The fourth-order valence-corrected chi connectivity index (χ4v) is 6.08. The van der Waals surface area contributed by atoms with Crippen LogP contribution < -0.4 is 0 Å². The number of hydrogen-bond donors (Lipinski definition) is 0. The smallest absolute Gasteiger partial charge is 0.318 e. The van der Waals surface area contributed by atoms with Crippen molar-refractivity contribution in [3.8, 4) is 0 Å². The fraction of sp³-hybridized carbons (Fsp3) is 0.500. The van der Waals surface area contributed by atoms with Crippen LogP contribution >= 0.6 is 0 Å². The van der Waals surface area contributed by atoms with Crippen molar-refractivity contribution in [1.82, 2.24) is 0 Å². The lowest BCUT2D eigenvalue weighted by molar-refractivity contribution is -0.156. The lowest BCUT2D eigenvalue weighted by atomic mass is 9.67. The van der Waals surface area contributed by atoms with Crippen LogP contribution in [0.5, 0.6) is 0 Å². The highest BCUT2D eigenvalue weighted by Crippen LogP contribution is 2.50. The number of allylic oxidation sites excluding steroid dienone is 9. The molecule has 7 atom stereocenters. The molecule has 0 amide bonds. The summed E-state index contributed by atoms with van der Waals surface area (Å²) in [6, 6.07) is 0. The molecule has 2 unspecified atom stereocenters. The molecule has 2 heterocycles. The minimum atomic E-state index is -1.48. The Kier molecular flexibility index (Phi) is 7.91. The second-order valence-corrected chi connectivity index (χ2v) is 11.6. The molecular formula is C32H38O6. The van der Waals surface area contributed by atoms with E-state index in [9.17, 15) is 19.2 Å². The number of ether oxygens (including phenoxy) is 2. The van der Waals surface area contributed by atoms with Crippen LogP contribution in [0.4, 0.5) is 0 Å². The maximum Gasteiger partial charge on any atom is 0.318 e. The molecule has 6 nitrogen and oxygen atoms in total. The summed E-state index contributed by atoms with van der Waals surface area (Å²) >= 11 is 0. The molecule has 1 saturated heterocycles. The predicted molar refractivity (Wildman–Crippen MR) is 144 cm³/mol. The zero-order chi connectivity index (χ0) is 27.8. The summed E-state index contributed by atoms with van der Waals surface area (Å²) in [5.41, 5.74) is 0.580. The van der Waals surface area contributed by atoms with E-state index in [1.54, 1.807) is 25.2 Å². The second-order valence-electron chi connectivity index (χ2n) is 11.6. The van der Waals surface area contributed by atoms with Gasteiger partial charge in [0.05, 0.1) is 18.1 Å². The van der Waals surface area contributed by atoms with E-state index in [0.29, 0.717) is 28.7 Å². The first-order valence-electron chi connectivity index (χ1n) is 13.6. The van der Waals surface area contributed by atoms with E-state index >= 15 is 0 Å². The molecule has 2 aliphatic carbocycles. The van der Waals surface area contributed by atoms with Gasteiger partial charge in [0.15, 0.2) is 23.0 Å². The van der Waals surface area contributed by atoms with Crippen molar-refractivity contribution < 1.29 is 28.7 Å². The van der Waals surface area contributed by atoms with Crippen molar-refractivity contribution in [2.24, 2.45) is 35.5 Å². The lowest BCUT2D eigenvalue weighted by Crippen LogP contribution is -2.46. The normalized spacial score (nSPS) is 32.5. The first kappa shape index (κ1) is 27.7. The first-order chi connectivity index (χ1) is 18.0. The molecule has 202 valence electrons. The lowest BCUT2D eigenvalue weighted by Gasteiger charge is -2.36.